The molecule has 3 unspecified atom stereocenters. The van der Waals surface area contributed by atoms with Crippen LogP contribution in [0.1, 0.15) is 36.8 Å². The third-order valence-corrected chi connectivity index (χ3v) is 4.45. The van der Waals surface area contributed by atoms with Crippen molar-refractivity contribution < 1.29 is 34.8 Å². The van der Waals surface area contributed by atoms with Crippen LogP contribution in [0, 0.1) is 12.3 Å². The maximum atomic E-state index is 12.0. The molecule has 0 saturated heterocycles. The smallest absolute Gasteiger partial charge is 0.332 e. The molecule has 0 radical (unpaired) electrons. The fraction of sp³-hybridized carbons (Fsp3) is 0.476. The Bertz CT molecular complexity index is 743. The molecule has 0 aromatic heterocycles. The number of amides is 2. The molecule has 1 aromatic carbocycles. The number of aliphatic carboxylic acids is 1. The first-order valence-corrected chi connectivity index (χ1v) is 9.56. The number of carboxylic acids is 1. The maximum absolute atomic E-state index is 12.0. The van der Waals surface area contributed by atoms with E-state index in [-0.39, 0.29) is 44.6 Å². The van der Waals surface area contributed by atoms with Crippen LogP contribution in [0.4, 0.5) is 0 Å². The minimum atomic E-state index is -1.56. The molecule has 3 atom stereocenters. The van der Waals surface area contributed by atoms with Crippen molar-refractivity contribution in [3.05, 3.63) is 35.4 Å². The monoisotopic (exact) mass is 420 g/mol. The van der Waals surface area contributed by atoms with E-state index in [1.807, 2.05) is 0 Å². The van der Waals surface area contributed by atoms with Crippen LogP contribution in [0.25, 0.3) is 0 Å². The van der Waals surface area contributed by atoms with Crippen LogP contribution in [-0.2, 0) is 20.8 Å². The van der Waals surface area contributed by atoms with Gasteiger partial charge in [-0.1, -0.05) is 18.1 Å². The number of aliphatic hydroxyl groups excluding tert-OH is 3. The summed E-state index contributed by atoms with van der Waals surface area (Å²) in [5, 5.41) is 42.2. The summed E-state index contributed by atoms with van der Waals surface area (Å²) in [6.45, 7) is -0.710. The fourth-order valence-corrected chi connectivity index (χ4v) is 2.74. The minimum Gasteiger partial charge on any atom is -0.479 e. The zero-order valence-electron chi connectivity index (χ0n) is 16.6. The first-order valence-electron chi connectivity index (χ1n) is 9.56. The predicted octanol–water partition coefficient (Wildman–Crippen LogP) is -0.829. The number of carbonyl (C=O) groups is 3. The lowest BCUT2D eigenvalue weighted by Gasteiger charge is -2.21. The number of rotatable bonds is 13. The van der Waals surface area contributed by atoms with Crippen LogP contribution in [0.5, 0.6) is 0 Å². The second-order valence-electron chi connectivity index (χ2n) is 6.91. The van der Waals surface area contributed by atoms with Crippen molar-refractivity contribution in [1.82, 2.24) is 10.6 Å². The third kappa shape index (κ3) is 10.0. The van der Waals surface area contributed by atoms with Crippen molar-refractivity contribution in [3.63, 3.8) is 0 Å². The van der Waals surface area contributed by atoms with Gasteiger partial charge in [-0.15, -0.1) is 6.42 Å². The standard InChI is InChI=1S/C21H28N2O7/c1-2-14-3-5-15(6-4-14)11-19(27)22-12-17(25)9-7-16(23-20(28)13-24)8-10-18(26)21(29)30/h1,3-6,16-18,24-26H,7-13H2,(H,22,27)(H,23,28)(H,29,30). The molecule has 6 N–H and O–H groups in total. The minimum absolute atomic E-state index is 0.0136. The summed E-state index contributed by atoms with van der Waals surface area (Å²) in [4.78, 5) is 34.1. The topological polar surface area (TPSA) is 156 Å². The Morgan fingerprint density at radius 1 is 1.00 bits per heavy atom. The van der Waals surface area contributed by atoms with Gasteiger partial charge in [0.1, 0.15) is 6.61 Å². The average molecular weight is 420 g/mol. The maximum Gasteiger partial charge on any atom is 0.332 e. The van der Waals surface area contributed by atoms with E-state index in [1.165, 1.54) is 0 Å². The summed E-state index contributed by atoms with van der Waals surface area (Å²) >= 11 is 0. The van der Waals surface area contributed by atoms with E-state index < -0.39 is 36.7 Å². The van der Waals surface area contributed by atoms with Gasteiger partial charge in [0.15, 0.2) is 6.10 Å². The lowest BCUT2D eigenvalue weighted by atomic mass is 10.0. The first kappa shape index (κ1) is 25.1. The van der Waals surface area contributed by atoms with Crippen molar-refractivity contribution in [3.8, 4) is 12.3 Å². The molecule has 164 valence electrons. The number of terminal acetylenes is 1. The summed E-state index contributed by atoms with van der Waals surface area (Å²) in [6.07, 6.45) is 3.56. The number of carboxylic acid groups (broad SMARTS) is 1. The molecule has 1 aromatic rings. The fourth-order valence-electron chi connectivity index (χ4n) is 2.74. The Morgan fingerprint density at radius 3 is 2.20 bits per heavy atom. The summed E-state index contributed by atoms with van der Waals surface area (Å²) in [6, 6.07) is 6.45. The lowest BCUT2D eigenvalue weighted by Crippen LogP contribution is -2.39. The molecule has 0 heterocycles. The van der Waals surface area contributed by atoms with Gasteiger partial charge in [-0.05, 0) is 43.4 Å². The molecule has 0 fully saturated rings. The SMILES string of the molecule is C#Cc1ccc(CC(=O)NCC(O)CCC(CCC(O)C(=O)O)NC(=O)CO)cc1. The van der Waals surface area contributed by atoms with Crippen LogP contribution >= 0.6 is 0 Å². The number of hydrogen-bond acceptors (Lipinski definition) is 6. The van der Waals surface area contributed by atoms with Gasteiger partial charge in [-0.3, -0.25) is 9.59 Å². The average Bonchev–Trinajstić information content (AvgIpc) is 2.74. The molecule has 1 rings (SSSR count). The van der Waals surface area contributed by atoms with E-state index in [0.717, 1.165) is 5.56 Å². The number of aliphatic hydroxyl groups is 3. The molecular weight excluding hydrogens is 392 g/mol. The van der Waals surface area contributed by atoms with Gasteiger partial charge in [0, 0.05) is 18.2 Å². The lowest BCUT2D eigenvalue weighted by molar-refractivity contribution is -0.147. The number of benzene rings is 1. The zero-order chi connectivity index (χ0) is 22.5. The summed E-state index contributed by atoms with van der Waals surface area (Å²) < 4.78 is 0. The van der Waals surface area contributed by atoms with Gasteiger partial charge in [0.05, 0.1) is 12.5 Å². The van der Waals surface area contributed by atoms with Crippen LogP contribution in [0.3, 0.4) is 0 Å². The molecule has 0 saturated carbocycles. The van der Waals surface area contributed by atoms with Crippen LogP contribution in [0.2, 0.25) is 0 Å². The predicted molar refractivity (Wildman–Crippen MR) is 108 cm³/mol. The molecular formula is C21H28N2O7. The second-order valence-corrected chi connectivity index (χ2v) is 6.91. The Balaban J connectivity index is 2.42. The highest BCUT2D eigenvalue weighted by Gasteiger charge is 2.19. The van der Waals surface area contributed by atoms with Gasteiger partial charge < -0.3 is 31.1 Å². The van der Waals surface area contributed by atoms with E-state index in [4.69, 9.17) is 16.6 Å². The van der Waals surface area contributed by atoms with Gasteiger partial charge in [-0.2, -0.15) is 0 Å². The molecule has 0 aliphatic rings. The van der Waals surface area contributed by atoms with E-state index in [2.05, 4.69) is 16.6 Å². The van der Waals surface area contributed by atoms with E-state index >= 15 is 0 Å². The van der Waals surface area contributed by atoms with Crippen LogP contribution in [-0.4, -0.2) is 69.6 Å². The van der Waals surface area contributed by atoms with Crippen molar-refractivity contribution >= 4 is 17.8 Å². The Hall–Kier alpha value is -2.93. The van der Waals surface area contributed by atoms with Gasteiger partial charge in [0.25, 0.3) is 0 Å². The molecule has 0 spiro atoms. The highest BCUT2D eigenvalue weighted by atomic mass is 16.4. The molecule has 0 bridgehead atoms. The number of carbonyl (C=O) groups excluding carboxylic acids is 2. The molecule has 2 amide bonds. The second kappa shape index (κ2) is 13.3. The van der Waals surface area contributed by atoms with Crippen molar-refractivity contribution in [2.45, 2.75) is 50.4 Å². The Morgan fingerprint density at radius 2 is 1.63 bits per heavy atom. The van der Waals surface area contributed by atoms with Gasteiger partial charge in [-0.25, -0.2) is 4.79 Å². The van der Waals surface area contributed by atoms with Crippen LogP contribution in [0.15, 0.2) is 24.3 Å². The highest BCUT2D eigenvalue weighted by molar-refractivity contribution is 5.78. The van der Waals surface area contributed by atoms with Gasteiger partial charge in [0.2, 0.25) is 11.8 Å². The quantitative estimate of drug-likeness (QED) is 0.227. The first-order chi connectivity index (χ1) is 14.2. The van der Waals surface area contributed by atoms with Crippen molar-refractivity contribution in [2.24, 2.45) is 0 Å². The molecule has 0 aliphatic carbocycles. The number of hydrogen-bond donors (Lipinski definition) is 6. The Labute approximate surface area is 175 Å². The Kier molecular flexibility index (Phi) is 11.1. The molecule has 30 heavy (non-hydrogen) atoms. The highest BCUT2D eigenvalue weighted by Crippen LogP contribution is 2.10. The zero-order valence-corrected chi connectivity index (χ0v) is 16.6. The summed E-state index contributed by atoms with van der Waals surface area (Å²) in [7, 11) is 0. The van der Waals surface area contributed by atoms with Crippen LogP contribution < -0.4 is 10.6 Å². The van der Waals surface area contributed by atoms with E-state index in [1.54, 1.807) is 24.3 Å². The van der Waals surface area contributed by atoms with Crippen molar-refractivity contribution in [1.29, 1.82) is 0 Å². The third-order valence-electron chi connectivity index (χ3n) is 4.45. The summed E-state index contributed by atoms with van der Waals surface area (Å²) in [5.41, 5.74) is 1.50. The normalized spacial score (nSPS) is 13.5. The van der Waals surface area contributed by atoms with E-state index in [9.17, 15) is 24.6 Å². The van der Waals surface area contributed by atoms with E-state index in [0.29, 0.717) is 5.56 Å². The largest absolute Gasteiger partial charge is 0.479 e. The molecule has 0 aliphatic heterocycles. The molecule has 9 heteroatoms. The summed E-state index contributed by atoms with van der Waals surface area (Å²) in [5.74, 6) is 0.226. The molecule has 9 nitrogen and oxygen atoms in total. The van der Waals surface area contributed by atoms with Crippen molar-refractivity contribution in [2.75, 3.05) is 13.2 Å². The number of nitrogens with one attached hydrogen (secondary N) is 2. The van der Waals surface area contributed by atoms with Gasteiger partial charge >= 0.3 is 5.97 Å².